The molecule has 0 bridgehead atoms. The van der Waals surface area contributed by atoms with E-state index in [-0.39, 0.29) is 0 Å². The predicted octanol–water partition coefficient (Wildman–Crippen LogP) is -1.66. The van der Waals surface area contributed by atoms with Crippen LogP contribution in [0.3, 0.4) is 0 Å². The Morgan fingerprint density at radius 1 is 1.16 bits per heavy atom. The lowest BCUT2D eigenvalue weighted by molar-refractivity contribution is -0.125. The Hall–Kier alpha value is -1.32. The summed E-state index contributed by atoms with van der Waals surface area (Å²) < 4.78 is 51.4. The quantitative estimate of drug-likeness (QED) is 0.203. The molecule has 0 aliphatic carbocycles. The van der Waals surface area contributed by atoms with Crippen molar-refractivity contribution in [2.45, 2.75) is 25.4 Å². The summed E-state index contributed by atoms with van der Waals surface area (Å²) in [7, 11) is -16.8. The number of aliphatic hydroxyl groups excluding tert-OH is 1. The molecule has 0 radical (unpaired) electrons. The molecule has 1 saturated heterocycles. The molecular formula is C11H17N2O15P3. The predicted molar refractivity (Wildman–Crippen MR) is 95.2 cm³/mol. The highest BCUT2D eigenvalue weighted by atomic mass is 31.3. The van der Waals surface area contributed by atoms with E-state index in [1.807, 2.05) is 4.98 Å². The van der Waals surface area contributed by atoms with Gasteiger partial charge in [-0.25, -0.2) is 18.5 Å². The van der Waals surface area contributed by atoms with Gasteiger partial charge < -0.3 is 29.4 Å². The highest BCUT2D eigenvalue weighted by molar-refractivity contribution is 7.66. The van der Waals surface area contributed by atoms with Gasteiger partial charge in [-0.2, -0.15) is 8.62 Å². The minimum Gasteiger partial charge on any atom is -0.388 e. The highest BCUT2D eigenvalue weighted by Gasteiger charge is 2.49. The molecule has 0 saturated carbocycles. The van der Waals surface area contributed by atoms with Crippen molar-refractivity contribution in [3.05, 3.63) is 33.1 Å². The molecule has 0 amide bonds. The van der Waals surface area contributed by atoms with Crippen molar-refractivity contribution in [1.29, 1.82) is 0 Å². The van der Waals surface area contributed by atoms with Crippen LogP contribution in [0, 0.1) is 5.92 Å². The van der Waals surface area contributed by atoms with Gasteiger partial charge in [-0.1, -0.05) is 0 Å². The first kappa shape index (κ1) is 25.9. The molecule has 1 aliphatic rings. The second-order valence-electron chi connectivity index (χ2n) is 6.10. The zero-order valence-electron chi connectivity index (χ0n) is 15.3. The maximum atomic E-state index is 11.9. The van der Waals surface area contributed by atoms with Crippen LogP contribution in [0.4, 0.5) is 0 Å². The topological polar surface area (TPSA) is 261 Å². The second-order valence-corrected chi connectivity index (χ2v) is 10.5. The average molecular weight is 510 g/mol. The summed E-state index contributed by atoms with van der Waals surface area (Å²) in [5.74, 6) is -2.09. The molecular weight excluding hydrogens is 493 g/mol. The number of ketones is 1. The van der Waals surface area contributed by atoms with Gasteiger partial charge in [0.15, 0.2) is 6.23 Å². The number of nitrogens with one attached hydrogen (secondary N) is 1. The van der Waals surface area contributed by atoms with Crippen LogP contribution >= 0.6 is 23.5 Å². The zero-order chi connectivity index (χ0) is 23.8. The van der Waals surface area contributed by atoms with Crippen LogP contribution < -0.4 is 11.2 Å². The highest BCUT2D eigenvalue weighted by Crippen LogP contribution is 2.66. The first-order valence-electron chi connectivity index (χ1n) is 7.95. The molecule has 176 valence electrons. The summed E-state index contributed by atoms with van der Waals surface area (Å²) in [4.78, 5) is 72.5. The summed E-state index contributed by atoms with van der Waals surface area (Å²) in [5.41, 5.74) is -1.74. The summed E-state index contributed by atoms with van der Waals surface area (Å²) in [6.45, 7) is 0.0205. The normalized spacial score (nSPS) is 28.1. The van der Waals surface area contributed by atoms with E-state index in [2.05, 4.69) is 13.1 Å². The van der Waals surface area contributed by atoms with Gasteiger partial charge in [0.05, 0.1) is 18.6 Å². The zero-order valence-corrected chi connectivity index (χ0v) is 18.0. The number of phosphoric acid groups is 3. The van der Waals surface area contributed by atoms with Gasteiger partial charge in [0, 0.05) is 12.3 Å². The summed E-state index contributed by atoms with van der Waals surface area (Å²) >= 11 is 0. The van der Waals surface area contributed by atoms with Crippen molar-refractivity contribution in [2.75, 3.05) is 6.61 Å². The molecule has 6 N–H and O–H groups in total. The van der Waals surface area contributed by atoms with Crippen LogP contribution in [0.1, 0.15) is 13.2 Å². The van der Waals surface area contributed by atoms with E-state index in [0.29, 0.717) is 0 Å². The molecule has 6 atom stereocenters. The third-order valence-corrected chi connectivity index (χ3v) is 7.59. The van der Waals surface area contributed by atoms with Crippen LogP contribution in [-0.2, 0) is 36.4 Å². The molecule has 1 fully saturated rings. The van der Waals surface area contributed by atoms with E-state index in [1.165, 1.54) is 0 Å². The number of nitrogens with zero attached hydrogens (tertiary/aromatic N) is 1. The maximum Gasteiger partial charge on any atom is 0.490 e. The molecule has 0 aromatic carbocycles. The molecule has 31 heavy (non-hydrogen) atoms. The fourth-order valence-corrected chi connectivity index (χ4v) is 5.75. The van der Waals surface area contributed by atoms with Crippen LogP contribution in [0.15, 0.2) is 21.9 Å². The Morgan fingerprint density at radius 3 is 2.29 bits per heavy atom. The van der Waals surface area contributed by atoms with Crippen molar-refractivity contribution in [3.63, 3.8) is 0 Å². The number of H-pyrrole nitrogens is 1. The minimum absolute atomic E-state index is 0.688. The van der Waals surface area contributed by atoms with E-state index in [9.17, 15) is 38.1 Å². The molecule has 2 rings (SSSR count). The Labute approximate surface area is 171 Å². The van der Waals surface area contributed by atoms with Crippen molar-refractivity contribution in [3.8, 4) is 0 Å². The Bertz CT molecular complexity index is 1090. The van der Waals surface area contributed by atoms with Gasteiger partial charge >= 0.3 is 29.2 Å². The first-order chi connectivity index (χ1) is 14.0. The number of hydrogen-bond donors (Lipinski definition) is 6. The lowest BCUT2D eigenvalue weighted by Gasteiger charge is -2.20. The lowest BCUT2D eigenvalue weighted by Crippen LogP contribution is -2.37. The average Bonchev–Trinajstić information content (AvgIpc) is 2.86. The fourth-order valence-electron chi connectivity index (χ4n) is 2.72. The molecule has 6 unspecified atom stereocenters. The van der Waals surface area contributed by atoms with E-state index in [4.69, 9.17) is 19.4 Å². The van der Waals surface area contributed by atoms with E-state index < -0.39 is 71.5 Å². The van der Waals surface area contributed by atoms with Crippen LogP contribution in [0.5, 0.6) is 0 Å². The SMILES string of the molecule is CC(=O)C1C(COP(=O)(O)OP(=O)(O)OP(=O)(O)O)OC(n2ccc(=O)[nH]c2=O)C1O. The van der Waals surface area contributed by atoms with Gasteiger partial charge in [0.25, 0.3) is 5.56 Å². The van der Waals surface area contributed by atoms with Crippen molar-refractivity contribution >= 4 is 29.3 Å². The van der Waals surface area contributed by atoms with E-state index in [0.717, 1.165) is 23.8 Å². The molecule has 20 heteroatoms. The van der Waals surface area contributed by atoms with Crippen LogP contribution in [0.2, 0.25) is 0 Å². The number of aromatic amines is 1. The fraction of sp³-hybridized carbons (Fsp3) is 0.545. The maximum absolute atomic E-state index is 11.9. The third-order valence-electron chi connectivity index (χ3n) is 3.79. The molecule has 1 aromatic heterocycles. The number of aromatic nitrogens is 2. The van der Waals surface area contributed by atoms with E-state index in [1.54, 1.807) is 0 Å². The number of hydrogen-bond acceptors (Lipinski definition) is 11. The lowest BCUT2D eigenvalue weighted by atomic mass is 9.94. The monoisotopic (exact) mass is 510 g/mol. The number of rotatable bonds is 9. The number of ether oxygens (including phenoxy) is 1. The Morgan fingerprint density at radius 2 is 1.77 bits per heavy atom. The van der Waals surface area contributed by atoms with Crippen LogP contribution in [0.25, 0.3) is 0 Å². The number of phosphoric ester groups is 1. The van der Waals surface area contributed by atoms with Gasteiger partial charge in [0.1, 0.15) is 11.9 Å². The number of carbonyl (C=O) groups excluding carboxylic acids is 1. The van der Waals surface area contributed by atoms with Crippen LogP contribution in [-0.4, -0.2) is 58.8 Å². The van der Waals surface area contributed by atoms with Crippen molar-refractivity contribution in [2.24, 2.45) is 5.92 Å². The third kappa shape index (κ3) is 7.08. The first-order valence-corrected chi connectivity index (χ1v) is 12.5. The molecule has 1 aromatic rings. The Balaban J connectivity index is 2.17. The van der Waals surface area contributed by atoms with Gasteiger partial charge in [-0.3, -0.25) is 23.7 Å². The summed E-state index contributed by atoms with van der Waals surface area (Å²) in [6, 6.07) is 0.930. The van der Waals surface area contributed by atoms with Gasteiger partial charge in [-0.05, 0) is 6.92 Å². The van der Waals surface area contributed by atoms with Crippen molar-refractivity contribution < 1.29 is 61.1 Å². The molecule has 17 nitrogen and oxygen atoms in total. The summed E-state index contributed by atoms with van der Waals surface area (Å²) in [6.07, 6.45) is -3.71. The minimum atomic E-state index is -5.75. The van der Waals surface area contributed by atoms with E-state index >= 15 is 0 Å². The Kier molecular flexibility index (Phi) is 7.76. The molecule has 1 aliphatic heterocycles. The van der Waals surface area contributed by atoms with Gasteiger partial charge in [-0.15, -0.1) is 0 Å². The number of aliphatic hydroxyl groups is 1. The smallest absolute Gasteiger partial charge is 0.388 e. The van der Waals surface area contributed by atoms with Crippen molar-refractivity contribution in [1.82, 2.24) is 9.55 Å². The summed E-state index contributed by atoms with van der Waals surface area (Å²) in [5, 5.41) is 10.4. The second kappa shape index (κ2) is 9.27. The number of Topliss-reactive ketones (excluding diaryl/α,β-unsaturated/α-hetero) is 1. The molecule has 0 spiro atoms. The standard InChI is InChI=1S/C11H17N2O15P3/c1-5(14)8-6(4-25-30(21,22)28-31(23,24)27-29(18,19)20)26-10(9(8)16)13-3-2-7(15)12-11(13)17/h2-3,6,8-10,16H,4H2,1H3,(H,21,22)(H,23,24)(H,12,15,17)(H2,18,19,20). The van der Waals surface area contributed by atoms with Gasteiger partial charge in [0.2, 0.25) is 0 Å². The molecule has 2 heterocycles. The largest absolute Gasteiger partial charge is 0.490 e. The number of carbonyl (C=O) groups is 1.